The maximum Gasteiger partial charge on any atom is 0.264 e. The van der Waals surface area contributed by atoms with Gasteiger partial charge < -0.3 is 10.2 Å². The number of carbonyl (C=O) groups is 1. The van der Waals surface area contributed by atoms with Crippen LogP contribution >= 0.6 is 23.7 Å². The Labute approximate surface area is 139 Å². The Kier molecular flexibility index (Phi) is 5.56. The van der Waals surface area contributed by atoms with Crippen molar-refractivity contribution in [2.45, 2.75) is 13.0 Å². The Bertz CT molecular complexity index is 661. The number of benzene rings is 1. The normalized spacial score (nSPS) is 17.9. The first-order valence-corrected chi connectivity index (χ1v) is 7.80. The highest BCUT2D eigenvalue weighted by Gasteiger charge is 2.29. The summed E-state index contributed by atoms with van der Waals surface area (Å²) < 4.78 is 13.5. The molecule has 22 heavy (non-hydrogen) atoms. The SMILES string of the molecule is Cc1ccc(C(=O)N2CCNCC2c2cccc(F)c2)s1.Cl. The number of piperazine rings is 1. The lowest BCUT2D eigenvalue weighted by Gasteiger charge is -2.36. The second-order valence-corrected chi connectivity index (χ2v) is 6.47. The lowest BCUT2D eigenvalue weighted by Crippen LogP contribution is -2.48. The van der Waals surface area contributed by atoms with E-state index >= 15 is 0 Å². The van der Waals surface area contributed by atoms with Crippen LogP contribution in [0, 0.1) is 12.7 Å². The smallest absolute Gasteiger partial charge is 0.264 e. The Hall–Kier alpha value is -1.43. The Morgan fingerprint density at radius 3 is 2.86 bits per heavy atom. The topological polar surface area (TPSA) is 32.3 Å². The van der Waals surface area contributed by atoms with Crippen LogP contribution in [-0.4, -0.2) is 30.4 Å². The van der Waals surface area contributed by atoms with Crippen molar-refractivity contribution in [3.63, 3.8) is 0 Å². The minimum Gasteiger partial charge on any atom is -0.328 e. The van der Waals surface area contributed by atoms with Crippen molar-refractivity contribution >= 4 is 29.7 Å². The van der Waals surface area contributed by atoms with Crippen LogP contribution in [-0.2, 0) is 0 Å². The van der Waals surface area contributed by atoms with Crippen molar-refractivity contribution in [3.05, 3.63) is 57.5 Å². The van der Waals surface area contributed by atoms with Crippen molar-refractivity contribution in [2.75, 3.05) is 19.6 Å². The van der Waals surface area contributed by atoms with Gasteiger partial charge in [-0.05, 0) is 36.8 Å². The molecule has 0 radical (unpaired) electrons. The molecular formula is C16H18ClFN2OS. The zero-order valence-corrected chi connectivity index (χ0v) is 13.8. The molecule has 3 rings (SSSR count). The summed E-state index contributed by atoms with van der Waals surface area (Å²) in [6.45, 7) is 4.04. The second-order valence-electron chi connectivity index (χ2n) is 5.18. The number of carbonyl (C=O) groups excluding carboxylic acids is 1. The Morgan fingerprint density at radius 1 is 1.36 bits per heavy atom. The minimum absolute atomic E-state index is 0. The lowest BCUT2D eigenvalue weighted by atomic mass is 10.0. The van der Waals surface area contributed by atoms with E-state index in [-0.39, 0.29) is 30.2 Å². The van der Waals surface area contributed by atoms with Gasteiger partial charge in [0.25, 0.3) is 5.91 Å². The molecule has 1 N–H and O–H groups in total. The van der Waals surface area contributed by atoms with Gasteiger partial charge in [-0.25, -0.2) is 4.39 Å². The largest absolute Gasteiger partial charge is 0.328 e. The molecule has 0 saturated carbocycles. The fraction of sp³-hybridized carbons (Fsp3) is 0.312. The highest BCUT2D eigenvalue weighted by Crippen LogP contribution is 2.26. The van der Waals surface area contributed by atoms with Gasteiger partial charge in [-0.3, -0.25) is 4.79 Å². The molecule has 1 aliphatic rings. The van der Waals surface area contributed by atoms with Crippen LogP contribution in [0.4, 0.5) is 4.39 Å². The molecule has 0 aliphatic carbocycles. The van der Waals surface area contributed by atoms with E-state index in [4.69, 9.17) is 0 Å². The summed E-state index contributed by atoms with van der Waals surface area (Å²) in [5.41, 5.74) is 0.837. The monoisotopic (exact) mass is 340 g/mol. The molecule has 6 heteroatoms. The number of aryl methyl sites for hydroxylation is 1. The number of hydrogen-bond donors (Lipinski definition) is 1. The summed E-state index contributed by atoms with van der Waals surface area (Å²) in [6, 6.07) is 10.2. The van der Waals surface area contributed by atoms with Crippen LogP contribution in [0.25, 0.3) is 0 Å². The average Bonchev–Trinajstić information content (AvgIpc) is 2.93. The number of amides is 1. The maximum atomic E-state index is 13.5. The maximum absolute atomic E-state index is 13.5. The summed E-state index contributed by atoms with van der Waals surface area (Å²) in [5, 5.41) is 3.28. The molecule has 3 nitrogen and oxygen atoms in total. The van der Waals surface area contributed by atoms with Crippen LogP contribution in [0.3, 0.4) is 0 Å². The molecule has 1 fully saturated rings. The molecule has 2 aromatic rings. The summed E-state index contributed by atoms with van der Waals surface area (Å²) in [5.74, 6) is -0.235. The van der Waals surface area contributed by atoms with Crippen molar-refractivity contribution in [1.29, 1.82) is 0 Å². The zero-order valence-electron chi connectivity index (χ0n) is 12.2. The van der Waals surface area contributed by atoms with E-state index in [2.05, 4.69) is 5.32 Å². The van der Waals surface area contributed by atoms with E-state index in [1.54, 1.807) is 6.07 Å². The highest BCUT2D eigenvalue weighted by atomic mass is 35.5. The van der Waals surface area contributed by atoms with Gasteiger partial charge >= 0.3 is 0 Å². The van der Waals surface area contributed by atoms with Gasteiger partial charge in [0.15, 0.2) is 0 Å². The molecule has 0 bridgehead atoms. The van der Waals surface area contributed by atoms with Gasteiger partial charge in [0.05, 0.1) is 10.9 Å². The molecule has 2 heterocycles. The minimum atomic E-state index is -0.266. The predicted molar refractivity (Wildman–Crippen MR) is 89.4 cm³/mol. The molecule has 0 spiro atoms. The molecule has 1 aromatic carbocycles. The van der Waals surface area contributed by atoms with Crippen LogP contribution in [0.15, 0.2) is 36.4 Å². The van der Waals surface area contributed by atoms with Gasteiger partial charge in [-0.2, -0.15) is 0 Å². The van der Waals surface area contributed by atoms with E-state index in [1.807, 2.05) is 30.0 Å². The summed E-state index contributed by atoms with van der Waals surface area (Å²) in [6.07, 6.45) is 0. The summed E-state index contributed by atoms with van der Waals surface area (Å²) in [4.78, 5) is 16.4. The first-order valence-electron chi connectivity index (χ1n) is 6.99. The summed E-state index contributed by atoms with van der Waals surface area (Å²) >= 11 is 1.50. The molecule has 1 atom stereocenters. The number of hydrogen-bond acceptors (Lipinski definition) is 3. The predicted octanol–water partition coefficient (Wildman–Crippen LogP) is 3.40. The molecule has 1 aliphatic heterocycles. The third-order valence-electron chi connectivity index (χ3n) is 3.69. The number of halogens is 2. The molecule has 1 saturated heterocycles. The molecule has 1 aromatic heterocycles. The van der Waals surface area contributed by atoms with Gasteiger partial charge in [0.1, 0.15) is 5.82 Å². The van der Waals surface area contributed by atoms with Gasteiger partial charge in [-0.15, -0.1) is 23.7 Å². The Morgan fingerprint density at radius 2 is 2.18 bits per heavy atom. The quantitative estimate of drug-likeness (QED) is 0.908. The number of nitrogens with zero attached hydrogens (tertiary/aromatic N) is 1. The second kappa shape index (κ2) is 7.22. The van der Waals surface area contributed by atoms with Gasteiger partial charge in [-0.1, -0.05) is 12.1 Å². The molecule has 1 amide bonds. The van der Waals surface area contributed by atoms with Crippen LogP contribution in [0.2, 0.25) is 0 Å². The number of nitrogens with one attached hydrogen (secondary N) is 1. The first-order chi connectivity index (χ1) is 10.1. The molecular weight excluding hydrogens is 323 g/mol. The lowest BCUT2D eigenvalue weighted by molar-refractivity contribution is 0.0639. The van der Waals surface area contributed by atoms with Crippen molar-refractivity contribution < 1.29 is 9.18 Å². The van der Waals surface area contributed by atoms with Gasteiger partial charge in [0.2, 0.25) is 0 Å². The molecule has 118 valence electrons. The molecule has 1 unspecified atom stereocenters. The van der Waals surface area contributed by atoms with E-state index in [9.17, 15) is 9.18 Å². The van der Waals surface area contributed by atoms with E-state index in [0.717, 1.165) is 21.9 Å². The standard InChI is InChI=1S/C16H17FN2OS.ClH/c1-11-5-6-15(21-11)16(20)19-8-7-18-10-14(19)12-3-2-4-13(17)9-12;/h2-6,9,14,18H,7-8,10H2,1H3;1H. The van der Waals surface area contributed by atoms with Crippen LogP contribution in [0.1, 0.15) is 26.2 Å². The Balaban J connectivity index is 0.00000176. The van der Waals surface area contributed by atoms with E-state index in [0.29, 0.717) is 13.1 Å². The van der Waals surface area contributed by atoms with E-state index < -0.39 is 0 Å². The van der Waals surface area contributed by atoms with Crippen molar-refractivity contribution in [2.24, 2.45) is 0 Å². The zero-order chi connectivity index (χ0) is 14.8. The third-order valence-corrected chi connectivity index (χ3v) is 4.68. The van der Waals surface area contributed by atoms with Crippen LogP contribution in [0.5, 0.6) is 0 Å². The third kappa shape index (κ3) is 3.48. The van der Waals surface area contributed by atoms with E-state index in [1.165, 1.54) is 23.5 Å². The highest BCUT2D eigenvalue weighted by molar-refractivity contribution is 7.13. The fourth-order valence-corrected chi connectivity index (χ4v) is 3.47. The number of rotatable bonds is 2. The fourth-order valence-electron chi connectivity index (χ4n) is 2.65. The van der Waals surface area contributed by atoms with Crippen molar-refractivity contribution in [1.82, 2.24) is 10.2 Å². The van der Waals surface area contributed by atoms with Crippen LogP contribution < -0.4 is 5.32 Å². The van der Waals surface area contributed by atoms with Gasteiger partial charge in [0, 0.05) is 24.5 Å². The summed E-state index contributed by atoms with van der Waals surface area (Å²) in [7, 11) is 0. The van der Waals surface area contributed by atoms with Crippen molar-refractivity contribution in [3.8, 4) is 0 Å². The average molecular weight is 341 g/mol. The number of thiophene rings is 1. The first kappa shape index (κ1) is 16.9.